The highest BCUT2D eigenvalue weighted by Gasteiger charge is 2.19. The summed E-state index contributed by atoms with van der Waals surface area (Å²) in [4.78, 5) is 38.4. The molecule has 0 saturated carbocycles. The first-order valence-electron chi connectivity index (χ1n) is 32.5. The summed E-state index contributed by atoms with van der Waals surface area (Å²) in [5.41, 5.74) is 0. The van der Waals surface area contributed by atoms with Crippen LogP contribution in [0.15, 0.2) is 158 Å². The minimum absolute atomic E-state index is 0.104. The van der Waals surface area contributed by atoms with E-state index in [1.54, 1.807) is 0 Å². The van der Waals surface area contributed by atoms with Crippen molar-refractivity contribution in [1.29, 1.82) is 0 Å². The Balaban J connectivity index is 4.48. The zero-order valence-corrected chi connectivity index (χ0v) is 51.5. The molecule has 0 heterocycles. The smallest absolute Gasteiger partial charge is 0.306 e. The van der Waals surface area contributed by atoms with E-state index in [4.69, 9.17) is 14.2 Å². The number of hydrogen-bond donors (Lipinski definition) is 0. The Hall–Kier alpha value is -4.97. The highest BCUT2D eigenvalue weighted by molar-refractivity contribution is 5.71. The molecule has 0 bridgehead atoms. The first kappa shape index (κ1) is 75.0. The van der Waals surface area contributed by atoms with Gasteiger partial charge in [-0.2, -0.15) is 0 Å². The normalized spacial score (nSPS) is 13.2. The molecular weight excluding hydrogens is 985 g/mol. The van der Waals surface area contributed by atoms with E-state index in [0.29, 0.717) is 19.3 Å². The van der Waals surface area contributed by atoms with Crippen LogP contribution in [0.1, 0.15) is 271 Å². The summed E-state index contributed by atoms with van der Waals surface area (Å²) in [6, 6.07) is 0. The number of allylic oxidation sites excluding steroid dienone is 26. The molecule has 0 saturated heterocycles. The van der Waals surface area contributed by atoms with E-state index in [1.807, 2.05) is 0 Å². The maximum Gasteiger partial charge on any atom is 0.306 e. The lowest BCUT2D eigenvalue weighted by atomic mass is 10.1. The highest BCUT2D eigenvalue weighted by atomic mass is 16.6. The van der Waals surface area contributed by atoms with E-state index in [9.17, 15) is 14.4 Å². The molecule has 6 heteroatoms. The van der Waals surface area contributed by atoms with E-state index >= 15 is 0 Å². The van der Waals surface area contributed by atoms with E-state index in [0.717, 1.165) is 186 Å². The Morgan fingerprint density at radius 3 is 0.762 bits per heavy atom. The molecule has 0 radical (unpaired) electrons. The lowest BCUT2D eigenvalue weighted by molar-refractivity contribution is -0.167. The van der Waals surface area contributed by atoms with E-state index in [2.05, 4.69) is 179 Å². The summed E-state index contributed by atoms with van der Waals surface area (Å²) in [6.45, 7) is 6.36. The predicted octanol–water partition coefficient (Wildman–Crippen LogP) is 22.5. The average Bonchev–Trinajstić information content (AvgIpc) is 3.46. The van der Waals surface area contributed by atoms with Gasteiger partial charge in [0.25, 0.3) is 0 Å². The minimum Gasteiger partial charge on any atom is -0.462 e. The summed E-state index contributed by atoms with van der Waals surface area (Å²) < 4.78 is 16.9. The lowest BCUT2D eigenvalue weighted by Gasteiger charge is -2.18. The fraction of sp³-hybridized carbons (Fsp3) is 0.608. The molecular formula is C74H118O6. The quantitative estimate of drug-likeness (QED) is 0.0261. The van der Waals surface area contributed by atoms with Crippen LogP contribution in [0.3, 0.4) is 0 Å². The number of esters is 3. The van der Waals surface area contributed by atoms with Crippen molar-refractivity contribution < 1.29 is 28.6 Å². The summed E-state index contributed by atoms with van der Waals surface area (Å²) in [5.74, 6) is -0.952. The molecule has 0 rings (SSSR count). The van der Waals surface area contributed by atoms with Gasteiger partial charge in [0.2, 0.25) is 0 Å². The van der Waals surface area contributed by atoms with Crippen molar-refractivity contribution in [3.8, 4) is 0 Å². The number of hydrogen-bond acceptors (Lipinski definition) is 6. The second-order valence-electron chi connectivity index (χ2n) is 20.9. The summed E-state index contributed by atoms with van der Waals surface area (Å²) in [6.07, 6.45) is 96.7. The van der Waals surface area contributed by atoms with Crippen LogP contribution in [0.5, 0.6) is 0 Å². The van der Waals surface area contributed by atoms with Crippen LogP contribution in [0.2, 0.25) is 0 Å². The van der Waals surface area contributed by atoms with Crippen molar-refractivity contribution in [2.75, 3.05) is 13.2 Å². The second-order valence-corrected chi connectivity index (χ2v) is 20.9. The van der Waals surface area contributed by atoms with Crippen LogP contribution >= 0.6 is 0 Å². The van der Waals surface area contributed by atoms with E-state index in [1.165, 1.54) is 44.9 Å². The van der Waals surface area contributed by atoms with E-state index in [-0.39, 0.29) is 31.1 Å². The maximum absolute atomic E-state index is 12.9. The van der Waals surface area contributed by atoms with Crippen molar-refractivity contribution in [3.05, 3.63) is 158 Å². The first-order chi connectivity index (χ1) is 39.5. The Kier molecular flexibility index (Phi) is 62.4. The van der Waals surface area contributed by atoms with Gasteiger partial charge in [-0.25, -0.2) is 0 Å². The Morgan fingerprint density at radius 1 is 0.263 bits per heavy atom. The van der Waals surface area contributed by atoms with Crippen LogP contribution in [0, 0.1) is 0 Å². The maximum atomic E-state index is 12.9. The Bertz CT molecular complexity index is 1790. The molecule has 80 heavy (non-hydrogen) atoms. The van der Waals surface area contributed by atoms with Crippen LogP contribution in [-0.2, 0) is 28.6 Å². The van der Waals surface area contributed by atoms with Gasteiger partial charge >= 0.3 is 17.9 Å². The van der Waals surface area contributed by atoms with Gasteiger partial charge in [0, 0.05) is 19.3 Å². The Labute approximate surface area is 492 Å². The van der Waals surface area contributed by atoms with Crippen molar-refractivity contribution in [2.45, 2.75) is 277 Å². The third kappa shape index (κ3) is 63.9. The molecule has 0 aromatic heterocycles. The fourth-order valence-electron chi connectivity index (χ4n) is 8.44. The Morgan fingerprint density at radius 2 is 0.487 bits per heavy atom. The van der Waals surface area contributed by atoms with Crippen molar-refractivity contribution >= 4 is 17.9 Å². The number of ether oxygens (including phenoxy) is 3. The van der Waals surface area contributed by atoms with Crippen LogP contribution in [-0.4, -0.2) is 37.2 Å². The molecule has 0 aliphatic heterocycles. The second kappa shape index (κ2) is 66.5. The summed E-state index contributed by atoms with van der Waals surface area (Å²) in [5, 5.41) is 0. The van der Waals surface area contributed by atoms with Gasteiger partial charge in [0.15, 0.2) is 6.10 Å². The molecule has 0 spiro atoms. The van der Waals surface area contributed by atoms with Crippen molar-refractivity contribution in [1.82, 2.24) is 0 Å². The zero-order chi connectivity index (χ0) is 57.8. The topological polar surface area (TPSA) is 78.9 Å². The van der Waals surface area contributed by atoms with Crippen LogP contribution in [0.4, 0.5) is 0 Å². The van der Waals surface area contributed by atoms with Gasteiger partial charge in [0.1, 0.15) is 13.2 Å². The van der Waals surface area contributed by atoms with Gasteiger partial charge in [0.05, 0.1) is 0 Å². The average molecular weight is 1100 g/mol. The SMILES string of the molecule is CC/C=C\C/C=C\C/C=C\C/C=C\C/C=C\C/C=C\C/C=C\CCCCCCCC(=O)OCC(COC(=O)CCCCCCC/C=C\C/C=C\CCCCCC)OC(=O)CCCCCCCC/C=C\C/C=C\C/C=C\C/C=C\CC. The van der Waals surface area contributed by atoms with Crippen LogP contribution in [0.25, 0.3) is 0 Å². The highest BCUT2D eigenvalue weighted by Crippen LogP contribution is 2.14. The molecule has 0 N–H and O–H groups in total. The molecule has 0 aliphatic carbocycles. The molecule has 0 aromatic carbocycles. The largest absolute Gasteiger partial charge is 0.462 e. The standard InChI is InChI=1S/C74H118O6/c1-4-7-10-13-16-19-22-25-28-31-33-34-35-36-37-38-39-40-42-43-46-49-52-55-58-61-64-67-73(76)79-70-71(69-78-72(75)66-63-60-57-54-51-48-45-30-27-24-21-18-15-12-9-6-3)80-74(77)68-65-62-59-56-53-50-47-44-41-32-29-26-23-20-17-14-11-8-5-2/h7-8,10-11,16-17,19-21,24-26,28-30,33-34,36-37,39-41,43-46,71H,4-6,9,12-15,18,22-23,27,31-32,35,38,42,47-70H2,1-3H3/b10-7-,11-8-,19-16-,20-17-,24-21-,28-25-,29-26-,34-33-,37-36-,40-39-,44-41-,45-30-,46-43-. The minimum atomic E-state index is -0.810. The number of carbonyl (C=O) groups is 3. The molecule has 6 nitrogen and oxygen atoms in total. The molecule has 0 amide bonds. The van der Waals surface area contributed by atoms with Crippen molar-refractivity contribution in [3.63, 3.8) is 0 Å². The molecule has 450 valence electrons. The zero-order valence-electron chi connectivity index (χ0n) is 51.5. The van der Waals surface area contributed by atoms with Crippen LogP contribution < -0.4 is 0 Å². The molecule has 0 aliphatic rings. The fourth-order valence-corrected chi connectivity index (χ4v) is 8.44. The molecule has 1 atom stereocenters. The molecule has 1 unspecified atom stereocenters. The lowest BCUT2D eigenvalue weighted by Crippen LogP contribution is -2.30. The van der Waals surface area contributed by atoms with Gasteiger partial charge in [-0.15, -0.1) is 0 Å². The summed E-state index contributed by atoms with van der Waals surface area (Å²) >= 11 is 0. The van der Waals surface area contributed by atoms with E-state index < -0.39 is 6.10 Å². The number of unbranched alkanes of at least 4 members (excludes halogenated alkanes) is 20. The molecule has 0 fully saturated rings. The number of carbonyl (C=O) groups excluding carboxylic acids is 3. The first-order valence-corrected chi connectivity index (χ1v) is 32.5. The van der Waals surface area contributed by atoms with Gasteiger partial charge < -0.3 is 14.2 Å². The number of rotatable bonds is 57. The predicted molar refractivity (Wildman–Crippen MR) is 348 cm³/mol. The monoisotopic (exact) mass is 1100 g/mol. The van der Waals surface area contributed by atoms with Gasteiger partial charge in [-0.05, 0) is 148 Å². The third-order valence-electron chi connectivity index (χ3n) is 13.2. The molecule has 0 aromatic rings. The van der Waals surface area contributed by atoms with Gasteiger partial charge in [-0.1, -0.05) is 262 Å². The third-order valence-corrected chi connectivity index (χ3v) is 13.2. The summed E-state index contributed by atoms with van der Waals surface area (Å²) in [7, 11) is 0. The van der Waals surface area contributed by atoms with Crippen molar-refractivity contribution in [2.24, 2.45) is 0 Å². The van der Waals surface area contributed by atoms with Gasteiger partial charge in [-0.3, -0.25) is 14.4 Å².